The summed E-state index contributed by atoms with van der Waals surface area (Å²) in [5.41, 5.74) is 6.68. The molecule has 5 atom stereocenters. The molecule has 2 saturated heterocycles. The molecule has 12 heteroatoms. The molecule has 0 aliphatic carbocycles. The average molecular weight is 657 g/mol. The van der Waals surface area contributed by atoms with Gasteiger partial charge in [-0.2, -0.15) is 25.3 Å². The lowest BCUT2D eigenvalue weighted by Gasteiger charge is -2.15. The van der Waals surface area contributed by atoms with E-state index >= 15 is 0 Å². The van der Waals surface area contributed by atoms with Crippen molar-refractivity contribution in [3.8, 4) is 0 Å². The molecular weight excluding hydrogens is 613 g/mol. The number of hydrogen-bond donors (Lipinski definition) is 9. The summed E-state index contributed by atoms with van der Waals surface area (Å²) in [5.74, 6) is -0.722. The van der Waals surface area contributed by atoms with Crippen molar-refractivity contribution in [2.24, 2.45) is 17.8 Å². The van der Waals surface area contributed by atoms with Crippen molar-refractivity contribution >= 4 is 61.3 Å². The molecule has 2 aromatic rings. The quantitative estimate of drug-likeness (QED) is 0.125. The molecule has 45 heavy (non-hydrogen) atoms. The second-order valence-electron chi connectivity index (χ2n) is 12.0. The van der Waals surface area contributed by atoms with Gasteiger partial charge in [0, 0.05) is 76.1 Å². The maximum absolute atomic E-state index is 12.6. The van der Waals surface area contributed by atoms with E-state index < -0.39 is 18.2 Å². The first-order chi connectivity index (χ1) is 21.4. The number of aliphatic carboxylic acids is 2. The summed E-state index contributed by atoms with van der Waals surface area (Å²) < 4.78 is 0. The van der Waals surface area contributed by atoms with E-state index in [4.69, 9.17) is 0 Å². The average Bonchev–Trinajstić information content (AvgIpc) is 3.61. The summed E-state index contributed by atoms with van der Waals surface area (Å²) >= 11 is 8.66. The molecule has 2 aromatic heterocycles. The van der Waals surface area contributed by atoms with Crippen LogP contribution in [0, 0.1) is 31.6 Å². The van der Waals surface area contributed by atoms with Crippen molar-refractivity contribution in [1.29, 1.82) is 0 Å². The SMILES string of the molecule is Cc1c(C[C@H]2NC(=O)/C(=C\CS)C2C)[nH]c(/C=c2\[nH]c(/C=C3\NC(O)[C@H](C)[C@H]3CCS)c(C)\c2=C/CC(=O)O)c1CCC(=O)O. The number of aliphatic hydroxyl groups excluding tert-OH is 1. The molecule has 0 spiro atoms. The Labute approximate surface area is 274 Å². The third kappa shape index (κ3) is 7.73. The highest BCUT2D eigenvalue weighted by molar-refractivity contribution is 7.80. The first-order valence-electron chi connectivity index (χ1n) is 15.3. The Kier molecular flexibility index (Phi) is 11.4. The van der Waals surface area contributed by atoms with Crippen LogP contribution in [0.1, 0.15) is 66.9 Å². The highest BCUT2D eigenvalue weighted by Gasteiger charge is 2.35. The van der Waals surface area contributed by atoms with Gasteiger partial charge in [0.25, 0.3) is 0 Å². The summed E-state index contributed by atoms with van der Waals surface area (Å²) in [6.07, 6.45) is 8.12. The van der Waals surface area contributed by atoms with Gasteiger partial charge in [-0.05, 0) is 66.5 Å². The number of rotatable bonds is 12. The molecule has 2 aliphatic rings. The number of amides is 1. The predicted octanol–water partition coefficient (Wildman–Crippen LogP) is 2.43. The summed E-state index contributed by atoms with van der Waals surface area (Å²) in [4.78, 5) is 42.7. The van der Waals surface area contributed by atoms with Gasteiger partial charge in [-0.3, -0.25) is 14.4 Å². The zero-order chi connectivity index (χ0) is 33.0. The van der Waals surface area contributed by atoms with Crippen molar-refractivity contribution in [2.45, 2.75) is 72.1 Å². The van der Waals surface area contributed by atoms with E-state index in [1.807, 2.05) is 45.9 Å². The Morgan fingerprint density at radius 2 is 1.69 bits per heavy atom. The van der Waals surface area contributed by atoms with Gasteiger partial charge in [0.1, 0.15) is 6.23 Å². The highest BCUT2D eigenvalue weighted by atomic mass is 32.1. The zero-order valence-corrected chi connectivity index (χ0v) is 27.9. The summed E-state index contributed by atoms with van der Waals surface area (Å²) in [7, 11) is 0. The van der Waals surface area contributed by atoms with Crippen LogP contribution < -0.4 is 21.2 Å². The molecule has 0 saturated carbocycles. The van der Waals surface area contributed by atoms with Crippen molar-refractivity contribution < 1.29 is 29.7 Å². The molecule has 2 aliphatic heterocycles. The number of nitrogens with one attached hydrogen (secondary N) is 4. The Bertz CT molecular complexity index is 1640. The lowest BCUT2D eigenvalue weighted by Crippen LogP contribution is -2.30. The van der Waals surface area contributed by atoms with E-state index in [9.17, 15) is 29.7 Å². The molecule has 4 heterocycles. The smallest absolute Gasteiger partial charge is 0.307 e. The second-order valence-corrected chi connectivity index (χ2v) is 12.8. The molecule has 0 aromatic carbocycles. The topological polar surface area (TPSA) is 168 Å². The van der Waals surface area contributed by atoms with E-state index in [1.54, 1.807) is 6.08 Å². The lowest BCUT2D eigenvalue weighted by atomic mass is 9.91. The summed E-state index contributed by atoms with van der Waals surface area (Å²) in [6, 6.07) is -0.131. The van der Waals surface area contributed by atoms with Crippen LogP contribution in [0.25, 0.3) is 18.2 Å². The van der Waals surface area contributed by atoms with Crippen LogP contribution in [0.2, 0.25) is 0 Å². The number of aromatic amines is 2. The minimum Gasteiger partial charge on any atom is -0.481 e. The second kappa shape index (κ2) is 14.8. The minimum atomic E-state index is -0.955. The summed E-state index contributed by atoms with van der Waals surface area (Å²) in [6.45, 7) is 7.89. The number of aromatic nitrogens is 2. The molecular formula is C33H44N4O6S2. The molecule has 244 valence electrons. The maximum Gasteiger partial charge on any atom is 0.307 e. The molecule has 7 N–H and O–H groups in total. The Morgan fingerprint density at radius 1 is 0.956 bits per heavy atom. The summed E-state index contributed by atoms with van der Waals surface area (Å²) in [5, 5.41) is 37.1. The van der Waals surface area contributed by atoms with Crippen LogP contribution in [0.4, 0.5) is 0 Å². The number of carboxylic acids is 2. The van der Waals surface area contributed by atoms with Gasteiger partial charge >= 0.3 is 11.9 Å². The molecule has 2 unspecified atom stereocenters. The van der Waals surface area contributed by atoms with Crippen molar-refractivity contribution in [2.75, 3.05) is 11.5 Å². The monoisotopic (exact) mass is 656 g/mol. The van der Waals surface area contributed by atoms with Gasteiger partial charge in [0.15, 0.2) is 0 Å². The first kappa shape index (κ1) is 34.5. The van der Waals surface area contributed by atoms with Gasteiger partial charge in [-0.15, -0.1) is 0 Å². The number of aliphatic hydroxyl groups is 1. The number of carbonyl (C=O) groups is 3. The Hall–Kier alpha value is -3.35. The van der Waals surface area contributed by atoms with Crippen LogP contribution in [0.3, 0.4) is 0 Å². The van der Waals surface area contributed by atoms with E-state index in [1.165, 1.54) is 0 Å². The van der Waals surface area contributed by atoms with Crippen LogP contribution in [-0.2, 0) is 27.2 Å². The number of H-pyrrole nitrogens is 2. The molecule has 10 nitrogen and oxygen atoms in total. The highest BCUT2D eigenvalue weighted by Crippen LogP contribution is 2.33. The third-order valence-corrected chi connectivity index (χ3v) is 9.68. The zero-order valence-electron chi connectivity index (χ0n) is 26.1. The van der Waals surface area contributed by atoms with E-state index in [0.29, 0.717) is 29.7 Å². The first-order valence-corrected chi connectivity index (χ1v) is 16.6. The van der Waals surface area contributed by atoms with Gasteiger partial charge in [-0.1, -0.05) is 26.0 Å². The van der Waals surface area contributed by atoms with Crippen LogP contribution >= 0.6 is 25.3 Å². The van der Waals surface area contributed by atoms with Crippen LogP contribution in [-0.4, -0.2) is 66.9 Å². The van der Waals surface area contributed by atoms with Crippen molar-refractivity contribution in [3.05, 3.63) is 61.7 Å². The Morgan fingerprint density at radius 3 is 2.33 bits per heavy atom. The number of thiol groups is 2. The largest absolute Gasteiger partial charge is 0.481 e. The standard InChI is InChI=1S/C33H44N4O6S2/c1-16-20(5-7-30(38)39)27(34-24(16)13-26-18(3)23(10-12-45)33(43)36-26)15-28-21(6-8-31(40)41)17(2)25(35-28)14-29-22(9-11-44)19(4)32(42)37-29/h6,10,14-15,18-19,22,26,32,34-35,37,42,44-45H,5,7-9,11-13H2,1-4H3,(H,36,43)(H,38,39)(H,40,41)/b21-6+,23-10-,28-15-,29-14-/t18?,19-,22-,26-,32?/m1/s1. The third-order valence-electron chi connectivity index (χ3n) is 9.24. The maximum atomic E-state index is 12.6. The van der Waals surface area contributed by atoms with E-state index in [0.717, 1.165) is 56.7 Å². The van der Waals surface area contributed by atoms with Gasteiger partial charge < -0.3 is 35.9 Å². The Balaban J connectivity index is 1.83. The fourth-order valence-corrected chi connectivity index (χ4v) is 6.98. The fraction of sp³-hybridized carbons (Fsp3) is 0.485. The number of hydrogen-bond acceptors (Lipinski definition) is 7. The van der Waals surface area contributed by atoms with Gasteiger partial charge in [-0.25, -0.2) is 0 Å². The van der Waals surface area contributed by atoms with E-state index in [2.05, 4.69) is 45.9 Å². The van der Waals surface area contributed by atoms with Crippen molar-refractivity contribution in [3.63, 3.8) is 0 Å². The normalized spacial score (nSPS) is 25.8. The van der Waals surface area contributed by atoms with Crippen LogP contribution in [0.5, 0.6) is 0 Å². The van der Waals surface area contributed by atoms with Gasteiger partial charge in [0.2, 0.25) is 5.91 Å². The predicted molar refractivity (Wildman–Crippen MR) is 182 cm³/mol. The number of allylic oxidation sites excluding steroid dienone is 1. The molecule has 0 radical (unpaired) electrons. The lowest BCUT2D eigenvalue weighted by molar-refractivity contribution is -0.137. The van der Waals surface area contributed by atoms with Crippen LogP contribution in [0.15, 0.2) is 17.3 Å². The number of carboxylic acid groups (broad SMARTS) is 2. The molecule has 0 bridgehead atoms. The minimum absolute atomic E-state index is 0.0108. The van der Waals surface area contributed by atoms with Gasteiger partial charge in [0.05, 0.1) is 6.42 Å². The number of carbonyl (C=O) groups excluding carboxylic acids is 1. The fourth-order valence-electron chi connectivity index (χ4n) is 6.50. The van der Waals surface area contributed by atoms with Crippen molar-refractivity contribution in [1.82, 2.24) is 20.6 Å². The molecule has 2 fully saturated rings. The van der Waals surface area contributed by atoms with E-state index in [-0.39, 0.29) is 42.5 Å². The molecule has 4 rings (SSSR count). The molecule has 1 amide bonds.